The Bertz CT molecular complexity index is 771. The van der Waals surface area contributed by atoms with Crippen molar-refractivity contribution in [1.82, 2.24) is 19.7 Å². The molecule has 1 atom stereocenters. The van der Waals surface area contributed by atoms with E-state index in [-0.39, 0.29) is 11.8 Å². The molecule has 0 spiro atoms. The Balaban J connectivity index is 1.65. The molecule has 1 saturated heterocycles. The number of ether oxygens (including phenoxy) is 1. The third-order valence-corrected chi connectivity index (χ3v) is 3.56. The minimum Gasteiger partial charge on any atom is -0.376 e. The SMILES string of the molecule is O=C(Nc1cnn(C[C@H]2CCCCO2)c1)c1cc(=O)[nH]c(=O)[nH]1. The Kier molecular flexibility index (Phi) is 4.38. The van der Waals surface area contributed by atoms with Gasteiger partial charge in [-0.2, -0.15) is 5.10 Å². The van der Waals surface area contributed by atoms with Crippen molar-refractivity contribution < 1.29 is 9.53 Å². The van der Waals surface area contributed by atoms with Gasteiger partial charge in [-0.25, -0.2) is 4.79 Å². The lowest BCUT2D eigenvalue weighted by Crippen LogP contribution is -2.27. The number of carbonyl (C=O) groups is 1. The number of hydrogen-bond donors (Lipinski definition) is 3. The molecule has 3 heterocycles. The number of anilines is 1. The highest BCUT2D eigenvalue weighted by Gasteiger charge is 2.15. The van der Waals surface area contributed by atoms with E-state index in [9.17, 15) is 14.4 Å². The first kappa shape index (κ1) is 15.2. The fourth-order valence-electron chi connectivity index (χ4n) is 2.48. The quantitative estimate of drug-likeness (QED) is 0.737. The number of aromatic amines is 2. The standard InChI is InChI=1S/C14H17N5O4/c20-12-5-11(17-14(22)18-12)13(21)16-9-6-15-19(7-9)8-10-3-1-2-4-23-10/h5-7,10H,1-4,8H2,(H,16,21)(H2,17,18,20,22)/t10-/m1/s1. The molecule has 2 aromatic rings. The zero-order valence-corrected chi connectivity index (χ0v) is 12.4. The minimum absolute atomic E-state index is 0.109. The first-order valence-corrected chi connectivity index (χ1v) is 7.39. The highest BCUT2D eigenvalue weighted by Crippen LogP contribution is 2.15. The summed E-state index contributed by atoms with van der Waals surface area (Å²) < 4.78 is 7.34. The molecule has 3 rings (SSSR count). The summed E-state index contributed by atoms with van der Waals surface area (Å²) in [6.07, 6.45) is 6.55. The Labute approximate surface area is 130 Å². The summed E-state index contributed by atoms with van der Waals surface area (Å²) in [5, 5.41) is 6.76. The van der Waals surface area contributed by atoms with Crippen molar-refractivity contribution >= 4 is 11.6 Å². The van der Waals surface area contributed by atoms with E-state index in [0.29, 0.717) is 12.2 Å². The highest BCUT2D eigenvalue weighted by atomic mass is 16.5. The summed E-state index contributed by atoms with van der Waals surface area (Å²) in [4.78, 5) is 38.7. The van der Waals surface area contributed by atoms with E-state index in [1.165, 1.54) is 6.20 Å². The van der Waals surface area contributed by atoms with Crippen molar-refractivity contribution in [1.29, 1.82) is 0 Å². The molecule has 122 valence electrons. The molecule has 9 heteroatoms. The number of aromatic nitrogens is 4. The van der Waals surface area contributed by atoms with Crippen LogP contribution in [0.2, 0.25) is 0 Å². The lowest BCUT2D eigenvalue weighted by atomic mass is 10.1. The van der Waals surface area contributed by atoms with Gasteiger partial charge in [0.15, 0.2) is 0 Å². The van der Waals surface area contributed by atoms with Crippen molar-refractivity contribution in [2.75, 3.05) is 11.9 Å². The van der Waals surface area contributed by atoms with Crippen LogP contribution in [0.25, 0.3) is 0 Å². The van der Waals surface area contributed by atoms with Crippen LogP contribution in [-0.2, 0) is 11.3 Å². The van der Waals surface area contributed by atoms with Crippen LogP contribution in [0.1, 0.15) is 29.8 Å². The second-order valence-corrected chi connectivity index (χ2v) is 5.40. The van der Waals surface area contributed by atoms with E-state index < -0.39 is 17.2 Å². The fraction of sp³-hybridized carbons (Fsp3) is 0.429. The predicted molar refractivity (Wildman–Crippen MR) is 81.5 cm³/mol. The maximum atomic E-state index is 12.0. The van der Waals surface area contributed by atoms with E-state index in [1.807, 2.05) is 4.98 Å². The fourth-order valence-corrected chi connectivity index (χ4v) is 2.48. The number of nitrogens with one attached hydrogen (secondary N) is 3. The molecule has 1 aliphatic rings. The van der Waals surface area contributed by atoms with E-state index in [4.69, 9.17) is 4.74 Å². The van der Waals surface area contributed by atoms with Gasteiger partial charge in [0, 0.05) is 18.9 Å². The second kappa shape index (κ2) is 6.61. The molecule has 2 aromatic heterocycles. The Morgan fingerprint density at radius 2 is 2.26 bits per heavy atom. The van der Waals surface area contributed by atoms with Crippen molar-refractivity contribution in [3.63, 3.8) is 0 Å². The molecule has 0 saturated carbocycles. The van der Waals surface area contributed by atoms with Crippen LogP contribution in [0.15, 0.2) is 28.0 Å². The van der Waals surface area contributed by atoms with Gasteiger partial charge in [0.05, 0.1) is 24.5 Å². The van der Waals surface area contributed by atoms with Gasteiger partial charge in [0.25, 0.3) is 11.5 Å². The summed E-state index contributed by atoms with van der Waals surface area (Å²) in [6.45, 7) is 1.39. The molecule has 23 heavy (non-hydrogen) atoms. The molecule has 0 aromatic carbocycles. The van der Waals surface area contributed by atoms with Gasteiger partial charge >= 0.3 is 5.69 Å². The van der Waals surface area contributed by atoms with Gasteiger partial charge in [-0.05, 0) is 19.3 Å². The number of hydrogen-bond acceptors (Lipinski definition) is 5. The van der Waals surface area contributed by atoms with Crippen molar-refractivity contribution in [3.05, 3.63) is 45.0 Å². The number of carbonyl (C=O) groups excluding carboxylic acids is 1. The van der Waals surface area contributed by atoms with Crippen LogP contribution in [0, 0.1) is 0 Å². The Morgan fingerprint density at radius 3 is 3.00 bits per heavy atom. The molecule has 1 aliphatic heterocycles. The molecule has 0 bridgehead atoms. The number of nitrogens with zero attached hydrogens (tertiary/aromatic N) is 2. The summed E-state index contributed by atoms with van der Waals surface area (Å²) in [6, 6.07) is 1.02. The topological polar surface area (TPSA) is 122 Å². The van der Waals surface area contributed by atoms with E-state index in [0.717, 1.165) is 31.9 Å². The van der Waals surface area contributed by atoms with Crippen molar-refractivity contribution in [2.24, 2.45) is 0 Å². The second-order valence-electron chi connectivity index (χ2n) is 5.40. The first-order chi connectivity index (χ1) is 11.1. The molecular weight excluding hydrogens is 302 g/mol. The van der Waals surface area contributed by atoms with Crippen LogP contribution < -0.4 is 16.6 Å². The largest absolute Gasteiger partial charge is 0.376 e. The summed E-state index contributed by atoms with van der Waals surface area (Å²) in [5.74, 6) is -0.582. The van der Waals surface area contributed by atoms with E-state index in [1.54, 1.807) is 10.9 Å². The maximum absolute atomic E-state index is 12.0. The first-order valence-electron chi connectivity index (χ1n) is 7.39. The third kappa shape index (κ3) is 3.95. The van der Waals surface area contributed by atoms with E-state index >= 15 is 0 Å². The molecule has 0 aliphatic carbocycles. The third-order valence-electron chi connectivity index (χ3n) is 3.56. The van der Waals surface area contributed by atoms with Crippen LogP contribution >= 0.6 is 0 Å². The molecule has 1 fully saturated rings. The average Bonchev–Trinajstić information content (AvgIpc) is 2.94. The van der Waals surface area contributed by atoms with Gasteiger partial charge < -0.3 is 15.0 Å². The van der Waals surface area contributed by atoms with E-state index in [2.05, 4.69) is 15.4 Å². The Morgan fingerprint density at radius 1 is 1.39 bits per heavy atom. The lowest BCUT2D eigenvalue weighted by Gasteiger charge is -2.22. The summed E-state index contributed by atoms with van der Waals surface area (Å²) in [5.41, 5.74) is -0.995. The van der Waals surface area contributed by atoms with Crippen LogP contribution in [-0.4, -0.2) is 38.4 Å². The number of rotatable bonds is 4. The molecule has 0 radical (unpaired) electrons. The van der Waals surface area contributed by atoms with Crippen molar-refractivity contribution in [2.45, 2.75) is 31.9 Å². The molecule has 3 N–H and O–H groups in total. The average molecular weight is 319 g/mol. The van der Waals surface area contributed by atoms with Crippen LogP contribution in [0.3, 0.4) is 0 Å². The van der Waals surface area contributed by atoms with Gasteiger partial charge in [0.2, 0.25) is 0 Å². The predicted octanol–water partition coefficient (Wildman–Crippen LogP) is 0.0811. The van der Waals surface area contributed by atoms with Crippen molar-refractivity contribution in [3.8, 4) is 0 Å². The van der Waals surface area contributed by atoms with Gasteiger partial charge in [0.1, 0.15) is 5.69 Å². The van der Waals surface area contributed by atoms with Crippen LogP contribution in [0.4, 0.5) is 5.69 Å². The molecular formula is C14H17N5O4. The van der Waals surface area contributed by atoms with Gasteiger partial charge in [-0.1, -0.05) is 0 Å². The normalized spacial score (nSPS) is 17.8. The number of H-pyrrole nitrogens is 2. The van der Waals surface area contributed by atoms with Gasteiger partial charge in [-0.15, -0.1) is 0 Å². The lowest BCUT2D eigenvalue weighted by molar-refractivity contribution is 0.00401. The zero-order chi connectivity index (χ0) is 16.2. The monoisotopic (exact) mass is 319 g/mol. The summed E-state index contributed by atoms with van der Waals surface area (Å²) in [7, 11) is 0. The minimum atomic E-state index is -0.729. The molecule has 1 amide bonds. The molecule has 0 unspecified atom stereocenters. The molecule has 9 nitrogen and oxygen atoms in total. The van der Waals surface area contributed by atoms with Crippen LogP contribution in [0.5, 0.6) is 0 Å². The van der Waals surface area contributed by atoms with Gasteiger partial charge in [-0.3, -0.25) is 19.3 Å². The summed E-state index contributed by atoms with van der Waals surface area (Å²) >= 11 is 0. The Hall–Kier alpha value is -2.68. The zero-order valence-electron chi connectivity index (χ0n) is 12.4. The maximum Gasteiger partial charge on any atom is 0.326 e. The highest BCUT2D eigenvalue weighted by molar-refractivity contribution is 6.02. The number of amides is 1. The smallest absolute Gasteiger partial charge is 0.326 e.